The lowest BCUT2D eigenvalue weighted by molar-refractivity contribution is -0.387. The number of carbonyl (C=O) groups is 1. The molecule has 2 rings (SSSR count). The summed E-state index contributed by atoms with van der Waals surface area (Å²) < 4.78 is 7.66. The number of nitro benzene ring substituents is 1. The fraction of sp³-hybridized carbons (Fsp3) is 0.235. The van der Waals surface area contributed by atoms with Crippen LogP contribution in [-0.4, -0.2) is 40.4 Å². The minimum absolute atomic E-state index is 0.103. The number of ether oxygens (including phenoxy) is 1. The minimum atomic E-state index is -1.30. The number of benzene rings is 2. The maximum absolute atomic E-state index is 11.5. The third-order valence-corrected chi connectivity index (χ3v) is 4.55. The zero-order valence-corrected chi connectivity index (χ0v) is 14.7. The number of aliphatic hydroxyl groups excluding tert-OH is 1. The molecule has 0 amide bonds. The van der Waals surface area contributed by atoms with Gasteiger partial charge in [-0.2, -0.15) is 0 Å². The standard InChI is InChI=1S/C17H18N2O6S/c1-25-12-8-6-11(7-9-12)10-14(20)16(17(21)22)18-26-15-5-3-2-4-13(15)19(23)24/h2-9,14,16,18,20H,10H2,1H3,(H,21,22)/t14-,16+/m1/s1. The largest absolute Gasteiger partial charge is 0.497 e. The molecule has 0 aromatic heterocycles. The summed E-state index contributed by atoms with van der Waals surface area (Å²) in [7, 11) is 1.54. The second kappa shape index (κ2) is 9.18. The number of aliphatic carboxylic acids is 1. The average molecular weight is 378 g/mol. The fourth-order valence-electron chi connectivity index (χ4n) is 2.24. The predicted octanol–water partition coefficient (Wildman–Crippen LogP) is 2.26. The quantitative estimate of drug-likeness (QED) is 0.345. The van der Waals surface area contributed by atoms with Crippen molar-refractivity contribution in [3.63, 3.8) is 0 Å². The molecule has 0 saturated carbocycles. The first kappa shape index (κ1) is 19.7. The summed E-state index contributed by atoms with van der Waals surface area (Å²) in [6.07, 6.45) is -1.12. The van der Waals surface area contributed by atoms with Gasteiger partial charge < -0.3 is 14.9 Å². The van der Waals surface area contributed by atoms with Gasteiger partial charge >= 0.3 is 5.97 Å². The number of nitrogens with one attached hydrogen (secondary N) is 1. The van der Waals surface area contributed by atoms with Crippen molar-refractivity contribution in [3.05, 3.63) is 64.2 Å². The van der Waals surface area contributed by atoms with Gasteiger partial charge in [0.15, 0.2) is 0 Å². The van der Waals surface area contributed by atoms with Gasteiger partial charge in [-0.1, -0.05) is 24.3 Å². The second-order valence-corrected chi connectivity index (χ2v) is 6.26. The molecule has 0 heterocycles. The molecule has 0 fully saturated rings. The van der Waals surface area contributed by atoms with E-state index in [0.717, 1.165) is 17.5 Å². The number of nitrogens with zero attached hydrogens (tertiary/aromatic N) is 1. The van der Waals surface area contributed by atoms with Crippen LogP contribution >= 0.6 is 11.9 Å². The lowest BCUT2D eigenvalue weighted by Gasteiger charge is -2.20. The highest BCUT2D eigenvalue weighted by molar-refractivity contribution is 7.97. The number of nitro groups is 1. The summed E-state index contributed by atoms with van der Waals surface area (Å²) in [5.41, 5.74) is 0.598. The minimum Gasteiger partial charge on any atom is -0.497 e. The van der Waals surface area contributed by atoms with Crippen LogP contribution in [0.3, 0.4) is 0 Å². The van der Waals surface area contributed by atoms with E-state index >= 15 is 0 Å². The predicted molar refractivity (Wildman–Crippen MR) is 96.2 cm³/mol. The van der Waals surface area contributed by atoms with Gasteiger partial charge in [0, 0.05) is 12.5 Å². The van der Waals surface area contributed by atoms with Crippen molar-refractivity contribution in [3.8, 4) is 5.75 Å². The SMILES string of the molecule is COc1ccc(C[C@@H](O)[C@H](NSc2ccccc2[N+](=O)[O-])C(=O)O)cc1. The number of carboxylic acid groups (broad SMARTS) is 1. The summed E-state index contributed by atoms with van der Waals surface area (Å²) >= 11 is 0.804. The Morgan fingerprint density at radius 3 is 2.50 bits per heavy atom. The Balaban J connectivity index is 2.06. The number of rotatable bonds is 9. The topological polar surface area (TPSA) is 122 Å². The molecule has 0 radical (unpaired) electrons. The van der Waals surface area contributed by atoms with E-state index in [-0.39, 0.29) is 17.0 Å². The Labute approximate surface area is 154 Å². The van der Waals surface area contributed by atoms with Gasteiger partial charge in [0.1, 0.15) is 16.7 Å². The van der Waals surface area contributed by atoms with Crippen LogP contribution in [0.1, 0.15) is 5.56 Å². The van der Waals surface area contributed by atoms with E-state index in [1.807, 2.05) is 0 Å². The normalized spacial score (nSPS) is 13.0. The van der Waals surface area contributed by atoms with Crippen molar-refractivity contribution in [1.29, 1.82) is 0 Å². The number of hydrogen-bond acceptors (Lipinski definition) is 7. The molecule has 0 bridgehead atoms. The number of para-hydroxylation sites is 1. The fourth-order valence-corrected chi connectivity index (χ4v) is 3.14. The molecule has 8 nitrogen and oxygen atoms in total. The first-order valence-corrected chi connectivity index (χ1v) is 8.43. The molecule has 0 aliphatic heterocycles. The van der Waals surface area contributed by atoms with Crippen molar-refractivity contribution >= 4 is 23.6 Å². The van der Waals surface area contributed by atoms with Gasteiger partial charge in [0.05, 0.1) is 18.1 Å². The molecule has 0 saturated heterocycles. The lowest BCUT2D eigenvalue weighted by atomic mass is 10.0. The molecule has 2 aromatic rings. The number of methoxy groups -OCH3 is 1. The van der Waals surface area contributed by atoms with Gasteiger partial charge in [-0.05, 0) is 35.7 Å². The molecule has 0 aliphatic rings. The van der Waals surface area contributed by atoms with Crippen LogP contribution < -0.4 is 9.46 Å². The van der Waals surface area contributed by atoms with E-state index in [9.17, 15) is 25.1 Å². The third-order valence-electron chi connectivity index (χ3n) is 3.61. The Kier molecular flexibility index (Phi) is 6.96. The molecule has 26 heavy (non-hydrogen) atoms. The highest BCUT2D eigenvalue weighted by Crippen LogP contribution is 2.27. The number of hydrogen-bond donors (Lipinski definition) is 3. The zero-order chi connectivity index (χ0) is 19.1. The van der Waals surface area contributed by atoms with Crippen LogP contribution in [0, 0.1) is 10.1 Å². The molecule has 0 unspecified atom stereocenters. The Hall–Kier alpha value is -2.62. The summed E-state index contributed by atoms with van der Waals surface area (Å²) in [6.45, 7) is 0. The van der Waals surface area contributed by atoms with E-state index in [1.54, 1.807) is 30.3 Å². The van der Waals surface area contributed by atoms with E-state index in [1.165, 1.54) is 25.3 Å². The molecule has 9 heteroatoms. The van der Waals surface area contributed by atoms with Gasteiger partial charge in [0.2, 0.25) is 0 Å². The first-order valence-electron chi connectivity index (χ1n) is 7.62. The first-order chi connectivity index (χ1) is 12.4. The van der Waals surface area contributed by atoms with Gasteiger partial charge in [-0.3, -0.25) is 14.9 Å². The summed E-state index contributed by atoms with van der Waals surface area (Å²) in [5, 5.41) is 30.7. The maximum atomic E-state index is 11.5. The van der Waals surface area contributed by atoms with E-state index in [0.29, 0.717) is 5.75 Å². The Morgan fingerprint density at radius 1 is 1.27 bits per heavy atom. The molecular formula is C17H18N2O6S. The van der Waals surface area contributed by atoms with Crippen LogP contribution in [0.15, 0.2) is 53.4 Å². The van der Waals surface area contributed by atoms with Crippen LogP contribution in [0.2, 0.25) is 0 Å². The summed E-state index contributed by atoms with van der Waals surface area (Å²) in [5.74, 6) is -0.597. The maximum Gasteiger partial charge on any atom is 0.324 e. The van der Waals surface area contributed by atoms with Gasteiger partial charge in [-0.25, -0.2) is 4.72 Å². The van der Waals surface area contributed by atoms with E-state index < -0.39 is 23.0 Å². The summed E-state index contributed by atoms with van der Waals surface area (Å²) in [6, 6.07) is 11.6. The Bertz CT molecular complexity index is 768. The van der Waals surface area contributed by atoms with Crippen molar-refractivity contribution in [2.45, 2.75) is 23.5 Å². The Morgan fingerprint density at radius 2 is 1.92 bits per heavy atom. The molecule has 2 aromatic carbocycles. The molecule has 3 N–H and O–H groups in total. The van der Waals surface area contributed by atoms with Crippen molar-refractivity contribution < 1.29 is 24.7 Å². The second-order valence-electron chi connectivity index (χ2n) is 5.38. The van der Waals surface area contributed by atoms with Crippen LogP contribution in [0.25, 0.3) is 0 Å². The van der Waals surface area contributed by atoms with Gasteiger partial charge in [0.25, 0.3) is 5.69 Å². The van der Waals surface area contributed by atoms with Crippen LogP contribution in [-0.2, 0) is 11.2 Å². The van der Waals surface area contributed by atoms with E-state index in [4.69, 9.17) is 4.74 Å². The molecular weight excluding hydrogens is 360 g/mol. The van der Waals surface area contributed by atoms with Gasteiger partial charge in [-0.15, -0.1) is 0 Å². The highest BCUT2D eigenvalue weighted by Gasteiger charge is 2.27. The highest BCUT2D eigenvalue weighted by atomic mass is 32.2. The number of aliphatic hydroxyl groups is 1. The van der Waals surface area contributed by atoms with Crippen LogP contribution in [0.4, 0.5) is 5.69 Å². The zero-order valence-electron chi connectivity index (χ0n) is 13.9. The molecule has 0 aliphatic carbocycles. The smallest absolute Gasteiger partial charge is 0.324 e. The molecule has 0 spiro atoms. The summed E-state index contributed by atoms with van der Waals surface area (Å²) in [4.78, 5) is 22.2. The monoisotopic (exact) mass is 378 g/mol. The van der Waals surface area contributed by atoms with E-state index in [2.05, 4.69) is 4.72 Å². The molecule has 2 atom stereocenters. The van der Waals surface area contributed by atoms with Crippen molar-refractivity contribution in [2.24, 2.45) is 0 Å². The third kappa shape index (κ3) is 5.19. The lowest BCUT2D eigenvalue weighted by Crippen LogP contribution is -2.44. The van der Waals surface area contributed by atoms with Crippen molar-refractivity contribution in [1.82, 2.24) is 4.72 Å². The van der Waals surface area contributed by atoms with Crippen molar-refractivity contribution in [2.75, 3.05) is 7.11 Å². The average Bonchev–Trinajstić information content (AvgIpc) is 2.62. The van der Waals surface area contributed by atoms with Crippen LogP contribution in [0.5, 0.6) is 5.75 Å². The number of carboxylic acids is 1. The molecule has 138 valence electrons.